The van der Waals surface area contributed by atoms with Crippen molar-refractivity contribution in [3.05, 3.63) is 28.8 Å². The van der Waals surface area contributed by atoms with Crippen LogP contribution in [0.4, 0.5) is 5.82 Å². The molecule has 0 bridgehead atoms. The summed E-state index contributed by atoms with van der Waals surface area (Å²) in [7, 11) is 0. The SMILES string of the molecule is CCn1nc(C)c(C(=O)Nc2cc(C)on2)c1C. The molecule has 0 atom stereocenters. The minimum atomic E-state index is -0.210. The van der Waals surface area contributed by atoms with Crippen molar-refractivity contribution in [2.45, 2.75) is 34.2 Å². The number of hydrogen-bond donors (Lipinski definition) is 1. The summed E-state index contributed by atoms with van der Waals surface area (Å²) in [6.07, 6.45) is 0. The van der Waals surface area contributed by atoms with Crippen molar-refractivity contribution in [1.29, 1.82) is 0 Å². The average Bonchev–Trinajstić information content (AvgIpc) is 2.83. The molecule has 0 saturated carbocycles. The lowest BCUT2D eigenvalue weighted by Crippen LogP contribution is -2.14. The van der Waals surface area contributed by atoms with Crippen LogP contribution in [0.25, 0.3) is 0 Å². The second-order valence-electron chi connectivity index (χ2n) is 4.14. The number of hydrogen-bond acceptors (Lipinski definition) is 4. The zero-order chi connectivity index (χ0) is 13.3. The third-order valence-corrected chi connectivity index (χ3v) is 2.78. The second kappa shape index (κ2) is 4.64. The molecule has 18 heavy (non-hydrogen) atoms. The molecular formula is C12H16N4O2. The summed E-state index contributed by atoms with van der Waals surface area (Å²) in [6.45, 7) is 8.20. The van der Waals surface area contributed by atoms with E-state index < -0.39 is 0 Å². The molecule has 2 aromatic rings. The molecule has 1 N–H and O–H groups in total. The fourth-order valence-corrected chi connectivity index (χ4v) is 1.94. The monoisotopic (exact) mass is 248 g/mol. The van der Waals surface area contributed by atoms with Crippen LogP contribution in [0.15, 0.2) is 10.6 Å². The van der Waals surface area contributed by atoms with Gasteiger partial charge in [-0.15, -0.1) is 0 Å². The smallest absolute Gasteiger partial charge is 0.260 e. The number of anilines is 1. The first-order valence-electron chi connectivity index (χ1n) is 5.81. The summed E-state index contributed by atoms with van der Waals surface area (Å²) in [5.74, 6) is 0.863. The lowest BCUT2D eigenvalue weighted by atomic mass is 10.2. The topological polar surface area (TPSA) is 73.0 Å². The van der Waals surface area contributed by atoms with E-state index in [1.165, 1.54) is 0 Å². The summed E-state index contributed by atoms with van der Waals surface area (Å²) in [5, 5.41) is 10.7. The molecule has 2 rings (SSSR count). The van der Waals surface area contributed by atoms with E-state index in [0.717, 1.165) is 12.2 Å². The third-order valence-electron chi connectivity index (χ3n) is 2.78. The van der Waals surface area contributed by atoms with Gasteiger partial charge in [0.2, 0.25) is 0 Å². The number of aryl methyl sites for hydroxylation is 3. The van der Waals surface area contributed by atoms with Gasteiger partial charge < -0.3 is 9.84 Å². The number of rotatable bonds is 3. The van der Waals surface area contributed by atoms with E-state index in [-0.39, 0.29) is 5.91 Å². The normalized spacial score (nSPS) is 10.7. The Labute approximate surface area is 105 Å². The Bertz CT molecular complexity index is 583. The molecule has 6 heteroatoms. The van der Waals surface area contributed by atoms with Crippen LogP contribution in [0.2, 0.25) is 0 Å². The van der Waals surface area contributed by atoms with E-state index in [2.05, 4.69) is 15.6 Å². The highest BCUT2D eigenvalue weighted by molar-refractivity contribution is 6.05. The predicted octanol–water partition coefficient (Wildman–Crippen LogP) is 2.07. The Balaban J connectivity index is 2.26. The van der Waals surface area contributed by atoms with Crippen LogP contribution >= 0.6 is 0 Å². The highest BCUT2D eigenvalue weighted by Crippen LogP contribution is 2.15. The van der Waals surface area contributed by atoms with Crippen LogP contribution < -0.4 is 5.32 Å². The van der Waals surface area contributed by atoms with E-state index in [1.54, 1.807) is 17.7 Å². The molecule has 0 unspecified atom stereocenters. The van der Waals surface area contributed by atoms with Gasteiger partial charge in [-0.2, -0.15) is 5.10 Å². The quantitative estimate of drug-likeness (QED) is 0.902. The molecule has 0 aromatic carbocycles. The first-order valence-corrected chi connectivity index (χ1v) is 5.81. The maximum Gasteiger partial charge on any atom is 0.260 e. The molecule has 0 fully saturated rings. The average molecular weight is 248 g/mol. The molecule has 1 amide bonds. The van der Waals surface area contributed by atoms with Crippen molar-refractivity contribution < 1.29 is 9.32 Å². The van der Waals surface area contributed by atoms with Crippen LogP contribution in [-0.2, 0) is 6.54 Å². The van der Waals surface area contributed by atoms with Crippen LogP contribution in [0, 0.1) is 20.8 Å². The van der Waals surface area contributed by atoms with Gasteiger partial charge in [-0.05, 0) is 27.7 Å². The summed E-state index contributed by atoms with van der Waals surface area (Å²) >= 11 is 0. The molecule has 0 aliphatic carbocycles. The minimum Gasteiger partial charge on any atom is -0.360 e. The Morgan fingerprint density at radius 3 is 2.67 bits per heavy atom. The Morgan fingerprint density at radius 2 is 2.17 bits per heavy atom. The summed E-state index contributed by atoms with van der Waals surface area (Å²) in [5.41, 5.74) is 2.16. The van der Waals surface area contributed by atoms with Crippen LogP contribution in [-0.4, -0.2) is 20.8 Å². The van der Waals surface area contributed by atoms with Gasteiger partial charge in [0.05, 0.1) is 11.3 Å². The van der Waals surface area contributed by atoms with Gasteiger partial charge in [0, 0.05) is 18.3 Å². The van der Waals surface area contributed by atoms with Crippen molar-refractivity contribution in [3.8, 4) is 0 Å². The number of nitrogens with zero attached hydrogens (tertiary/aromatic N) is 3. The number of nitrogens with one attached hydrogen (secondary N) is 1. The zero-order valence-corrected chi connectivity index (χ0v) is 10.9. The van der Waals surface area contributed by atoms with Gasteiger partial charge in [0.1, 0.15) is 5.76 Å². The summed E-state index contributed by atoms with van der Waals surface area (Å²) in [4.78, 5) is 12.1. The van der Waals surface area contributed by atoms with E-state index in [0.29, 0.717) is 22.8 Å². The fourth-order valence-electron chi connectivity index (χ4n) is 1.94. The molecule has 0 aliphatic heterocycles. The van der Waals surface area contributed by atoms with Gasteiger partial charge >= 0.3 is 0 Å². The fraction of sp³-hybridized carbons (Fsp3) is 0.417. The number of carbonyl (C=O) groups is 1. The Morgan fingerprint density at radius 1 is 1.44 bits per heavy atom. The molecule has 0 saturated heterocycles. The maximum absolute atomic E-state index is 12.1. The highest BCUT2D eigenvalue weighted by Gasteiger charge is 2.19. The number of amides is 1. The zero-order valence-electron chi connectivity index (χ0n) is 10.9. The lowest BCUT2D eigenvalue weighted by Gasteiger charge is -2.02. The largest absolute Gasteiger partial charge is 0.360 e. The van der Waals surface area contributed by atoms with Gasteiger partial charge in [0.25, 0.3) is 5.91 Å². The maximum atomic E-state index is 12.1. The van der Waals surface area contributed by atoms with E-state index in [4.69, 9.17) is 4.52 Å². The first kappa shape index (κ1) is 12.3. The van der Waals surface area contributed by atoms with Gasteiger partial charge in [-0.25, -0.2) is 0 Å². The molecule has 2 heterocycles. The lowest BCUT2D eigenvalue weighted by molar-refractivity contribution is 0.102. The molecule has 96 valence electrons. The molecule has 6 nitrogen and oxygen atoms in total. The van der Waals surface area contributed by atoms with Gasteiger partial charge in [0.15, 0.2) is 5.82 Å². The van der Waals surface area contributed by atoms with Crippen LogP contribution in [0.3, 0.4) is 0 Å². The Kier molecular flexibility index (Phi) is 3.18. The molecular weight excluding hydrogens is 232 g/mol. The summed E-state index contributed by atoms with van der Waals surface area (Å²) in [6, 6.07) is 1.67. The van der Waals surface area contributed by atoms with Crippen molar-refractivity contribution >= 4 is 11.7 Å². The van der Waals surface area contributed by atoms with Crippen molar-refractivity contribution in [3.63, 3.8) is 0 Å². The van der Waals surface area contributed by atoms with E-state index in [9.17, 15) is 4.79 Å². The molecule has 2 aromatic heterocycles. The van der Waals surface area contributed by atoms with E-state index in [1.807, 2.05) is 20.8 Å². The van der Waals surface area contributed by atoms with Gasteiger partial charge in [-0.1, -0.05) is 5.16 Å². The van der Waals surface area contributed by atoms with Crippen molar-refractivity contribution in [2.24, 2.45) is 0 Å². The highest BCUT2D eigenvalue weighted by atomic mass is 16.5. The second-order valence-corrected chi connectivity index (χ2v) is 4.14. The predicted molar refractivity (Wildman–Crippen MR) is 66.6 cm³/mol. The van der Waals surface area contributed by atoms with Crippen molar-refractivity contribution in [1.82, 2.24) is 14.9 Å². The standard InChI is InChI=1S/C12H16N4O2/c1-5-16-9(4)11(8(3)14-16)12(17)13-10-6-7(2)18-15-10/h6H,5H2,1-4H3,(H,13,15,17). The Hall–Kier alpha value is -2.11. The third kappa shape index (κ3) is 2.13. The first-order chi connectivity index (χ1) is 8.52. The number of carbonyl (C=O) groups excluding carboxylic acids is 1. The van der Waals surface area contributed by atoms with Crippen LogP contribution in [0.1, 0.15) is 34.4 Å². The summed E-state index contributed by atoms with van der Waals surface area (Å²) < 4.78 is 6.71. The number of aromatic nitrogens is 3. The minimum absolute atomic E-state index is 0.210. The van der Waals surface area contributed by atoms with Crippen molar-refractivity contribution in [2.75, 3.05) is 5.32 Å². The van der Waals surface area contributed by atoms with E-state index >= 15 is 0 Å². The van der Waals surface area contributed by atoms with Crippen LogP contribution in [0.5, 0.6) is 0 Å². The van der Waals surface area contributed by atoms with Gasteiger partial charge in [-0.3, -0.25) is 9.48 Å². The molecule has 0 aliphatic rings. The molecule has 0 spiro atoms. The molecule has 0 radical (unpaired) electrons.